The third-order valence-corrected chi connectivity index (χ3v) is 3.97. The maximum Gasteiger partial charge on any atom is 0.220 e. The summed E-state index contributed by atoms with van der Waals surface area (Å²) in [5.41, 5.74) is -0.0394. The van der Waals surface area contributed by atoms with Gasteiger partial charge in [-0.15, -0.1) is 0 Å². The molecular formula is C13H24N2O2. The van der Waals surface area contributed by atoms with E-state index in [2.05, 4.69) is 17.6 Å². The molecule has 2 rings (SSSR count). The second-order valence-corrected chi connectivity index (χ2v) is 5.62. The van der Waals surface area contributed by atoms with Gasteiger partial charge in [0.25, 0.3) is 0 Å². The molecule has 0 unspecified atom stereocenters. The van der Waals surface area contributed by atoms with Crippen LogP contribution < -0.4 is 10.6 Å². The monoisotopic (exact) mass is 240 g/mol. The second kappa shape index (κ2) is 5.83. The Morgan fingerprint density at radius 1 is 1.35 bits per heavy atom. The average molecular weight is 240 g/mol. The van der Waals surface area contributed by atoms with Crippen molar-refractivity contribution < 1.29 is 9.53 Å². The molecule has 0 spiro atoms. The number of ether oxygens (including phenoxy) is 1. The minimum absolute atomic E-state index is 0.0394. The summed E-state index contributed by atoms with van der Waals surface area (Å²) in [6.07, 6.45) is 4.83. The van der Waals surface area contributed by atoms with Gasteiger partial charge in [0.05, 0.1) is 0 Å². The van der Waals surface area contributed by atoms with Crippen LogP contribution in [0.2, 0.25) is 0 Å². The van der Waals surface area contributed by atoms with Gasteiger partial charge in [0.2, 0.25) is 5.91 Å². The minimum atomic E-state index is -0.0394. The van der Waals surface area contributed by atoms with Gasteiger partial charge >= 0.3 is 0 Å². The highest BCUT2D eigenvalue weighted by atomic mass is 16.5. The summed E-state index contributed by atoms with van der Waals surface area (Å²) < 4.78 is 5.34. The lowest BCUT2D eigenvalue weighted by molar-refractivity contribution is -0.125. The van der Waals surface area contributed by atoms with Crippen LogP contribution in [0.4, 0.5) is 0 Å². The van der Waals surface area contributed by atoms with E-state index in [0.717, 1.165) is 52.0 Å². The fourth-order valence-electron chi connectivity index (χ4n) is 2.68. The van der Waals surface area contributed by atoms with Crippen molar-refractivity contribution in [1.29, 1.82) is 0 Å². The molecular weight excluding hydrogens is 216 g/mol. The highest BCUT2D eigenvalue weighted by molar-refractivity contribution is 5.77. The standard InChI is InChI=1S/C13H24N2O2/c1-13(4-8-17-9-5-13)15-12(16)10-11-2-6-14-7-3-11/h11,14H,2-10H2,1H3,(H,15,16). The van der Waals surface area contributed by atoms with Gasteiger partial charge in [-0.25, -0.2) is 0 Å². The highest BCUT2D eigenvalue weighted by Gasteiger charge is 2.29. The lowest BCUT2D eigenvalue weighted by Crippen LogP contribution is -2.50. The van der Waals surface area contributed by atoms with Gasteiger partial charge in [0, 0.05) is 25.2 Å². The largest absolute Gasteiger partial charge is 0.381 e. The van der Waals surface area contributed by atoms with Crippen molar-refractivity contribution in [1.82, 2.24) is 10.6 Å². The predicted octanol–water partition coefficient (Wildman–Crippen LogP) is 1.06. The van der Waals surface area contributed by atoms with Gasteiger partial charge in [-0.05, 0) is 51.6 Å². The molecule has 0 radical (unpaired) electrons. The molecule has 0 bridgehead atoms. The number of carbonyl (C=O) groups is 1. The fourth-order valence-corrected chi connectivity index (χ4v) is 2.68. The summed E-state index contributed by atoms with van der Waals surface area (Å²) in [7, 11) is 0. The minimum Gasteiger partial charge on any atom is -0.381 e. The highest BCUT2D eigenvalue weighted by Crippen LogP contribution is 2.21. The molecule has 0 aromatic heterocycles. The zero-order chi connectivity index (χ0) is 12.1. The number of hydrogen-bond donors (Lipinski definition) is 2. The molecule has 1 amide bonds. The van der Waals surface area contributed by atoms with Crippen molar-refractivity contribution in [2.45, 2.75) is 44.6 Å². The third-order valence-electron chi connectivity index (χ3n) is 3.97. The van der Waals surface area contributed by atoms with Gasteiger partial charge < -0.3 is 15.4 Å². The molecule has 4 nitrogen and oxygen atoms in total. The maximum absolute atomic E-state index is 12.0. The molecule has 2 aliphatic heterocycles. The molecule has 0 aromatic rings. The van der Waals surface area contributed by atoms with E-state index in [-0.39, 0.29) is 11.4 Å². The number of nitrogens with one attached hydrogen (secondary N) is 2. The molecule has 17 heavy (non-hydrogen) atoms. The maximum atomic E-state index is 12.0. The van der Waals surface area contributed by atoms with E-state index >= 15 is 0 Å². The van der Waals surface area contributed by atoms with E-state index in [4.69, 9.17) is 4.74 Å². The van der Waals surface area contributed by atoms with E-state index in [1.54, 1.807) is 0 Å². The van der Waals surface area contributed by atoms with Gasteiger partial charge in [-0.2, -0.15) is 0 Å². The number of piperidine rings is 1. The molecule has 0 saturated carbocycles. The smallest absolute Gasteiger partial charge is 0.220 e. The van der Waals surface area contributed by atoms with E-state index in [0.29, 0.717) is 12.3 Å². The molecule has 0 atom stereocenters. The van der Waals surface area contributed by atoms with E-state index < -0.39 is 0 Å². The lowest BCUT2D eigenvalue weighted by atomic mass is 9.90. The molecule has 2 fully saturated rings. The number of rotatable bonds is 3. The Bertz CT molecular complexity index is 256. The first-order valence-corrected chi connectivity index (χ1v) is 6.77. The van der Waals surface area contributed by atoms with Gasteiger partial charge in [-0.3, -0.25) is 4.79 Å². The summed E-state index contributed by atoms with van der Waals surface area (Å²) >= 11 is 0. The Labute approximate surface area is 103 Å². The topological polar surface area (TPSA) is 50.4 Å². The van der Waals surface area contributed by atoms with Crippen LogP contribution in [0.25, 0.3) is 0 Å². The molecule has 2 heterocycles. The normalized spacial score (nSPS) is 25.5. The quantitative estimate of drug-likeness (QED) is 0.775. The summed E-state index contributed by atoms with van der Waals surface area (Å²) in [5.74, 6) is 0.793. The van der Waals surface area contributed by atoms with E-state index in [9.17, 15) is 4.79 Å². The Hall–Kier alpha value is -0.610. The molecule has 4 heteroatoms. The summed E-state index contributed by atoms with van der Waals surface area (Å²) in [6.45, 7) is 5.79. The predicted molar refractivity (Wildman–Crippen MR) is 66.8 cm³/mol. The van der Waals surface area contributed by atoms with Crippen molar-refractivity contribution in [3.63, 3.8) is 0 Å². The summed E-state index contributed by atoms with van der Waals surface area (Å²) in [6, 6.07) is 0. The first-order valence-electron chi connectivity index (χ1n) is 6.77. The van der Waals surface area contributed by atoms with Crippen molar-refractivity contribution in [3.05, 3.63) is 0 Å². The van der Waals surface area contributed by atoms with Gasteiger partial charge in [0.1, 0.15) is 0 Å². The number of carbonyl (C=O) groups excluding carboxylic acids is 1. The third kappa shape index (κ3) is 3.96. The van der Waals surface area contributed by atoms with Crippen LogP contribution in [-0.2, 0) is 9.53 Å². The molecule has 0 aliphatic carbocycles. The molecule has 2 aliphatic rings. The lowest BCUT2D eigenvalue weighted by Gasteiger charge is -2.35. The van der Waals surface area contributed by atoms with Gasteiger partial charge in [0.15, 0.2) is 0 Å². The molecule has 98 valence electrons. The van der Waals surface area contributed by atoms with Crippen molar-refractivity contribution in [2.24, 2.45) is 5.92 Å². The summed E-state index contributed by atoms with van der Waals surface area (Å²) in [4.78, 5) is 12.0. The Balaban J connectivity index is 1.75. The van der Waals surface area contributed by atoms with Crippen LogP contribution in [0.5, 0.6) is 0 Å². The number of hydrogen-bond acceptors (Lipinski definition) is 3. The Morgan fingerprint density at radius 2 is 2.00 bits per heavy atom. The molecule has 2 N–H and O–H groups in total. The van der Waals surface area contributed by atoms with Gasteiger partial charge in [-0.1, -0.05) is 0 Å². The van der Waals surface area contributed by atoms with E-state index in [1.165, 1.54) is 0 Å². The van der Waals surface area contributed by atoms with Crippen molar-refractivity contribution in [3.8, 4) is 0 Å². The fraction of sp³-hybridized carbons (Fsp3) is 0.923. The van der Waals surface area contributed by atoms with Crippen LogP contribution in [0.3, 0.4) is 0 Å². The SMILES string of the molecule is CC1(NC(=O)CC2CCNCC2)CCOCC1. The Kier molecular flexibility index (Phi) is 4.40. The zero-order valence-electron chi connectivity index (χ0n) is 10.8. The first-order chi connectivity index (χ1) is 8.18. The van der Waals surface area contributed by atoms with Crippen LogP contribution in [0.1, 0.15) is 39.0 Å². The molecule has 0 aromatic carbocycles. The summed E-state index contributed by atoms with van der Waals surface area (Å²) in [5, 5.41) is 6.53. The van der Waals surface area contributed by atoms with E-state index in [1.807, 2.05) is 0 Å². The van der Waals surface area contributed by atoms with Crippen LogP contribution in [0.15, 0.2) is 0 Å². The van der Waals surface area contributed by atoms with Crippen molar-refractivity contribution >= 4 is 5.91 Å². The van der Waals surface area contributed by atoms with Crippen LogP contribution in [0, 0.1) is 5.92 Å². The average Bonchev–Trinajstić information content (AvgIpc) is 2.30. The van der Waals surface area contributed by atoms with Crippen molar-refractivity contribution in [2.75, 3.05) is 26.3 Å². The van der Waals surface area contributed by atoms with Crippen LogP contribution in [-0.4, -0.2) is 37.7 Å². The van der Waals surface area contributed by atoms with Crippen LogP contribution >= 0.6 is 0 Å². The second-order valence-electron chi connectivity index (χ2n) is 5.62. The zero-order valence-corrected chi connectivity index (χ0v) is 10.8. The molecule has 2 saturated heterocycles. The first kappa shape index (κ1) is 12.8. The Morgan fingerprint density at radius 3 is 2.65 bits per heavy atom. The number of amides is 1.